The van der Waals surface area contributed by atoms with Crippen molar-refractivity contribution in [3.63, 3.8) is 0 Å². The van der Waals surface area contributed by atoms with E-state index in [4.69, 9.17) is 0 Å². The van der Waals surface area contributed by atoms with E-state index in [2.05, 4.69) is 52.0 Å². The van der Waals surface area contributed by atoms with Crippen LogP contribution in [0.2, 0.25) is 0 Å². The first-order valence-electron chi connectivity index (χ1n) is 7.17. The fourth-order valence-electron chi connectivity index (χ4n) is 3.35. The summed E-state index contributed by atoms with van der Waals surface area (Å²) in [6.45, 7) is 9.24. The molecule has 1 aromatic rings. The Labute approximate surface area is 106 Å². The number of rotatable bonds is 5. The van der Waals surface area contributed by atoms with E-state index in [0.717, 1.165) is 11.8 Å². The average molecular weight is 230 g/mol. The molecule has 0 bridgehead atoms. The van der Waals surface area contributed by atoms with Gasteiger partial charge in [-0.3, -0.25) is 0 Å². The predicted molar refractivity (Wildman–Crippen MR) is 75.3 cm³/mol. The van der Waals surface area contributed by atoms with Crippen molar-refractivity contribution in [2.45, 2.75) is 58.8 Å². The summed E-state index contributed by atoms with van der Waals surface area (Å²) >= 11 is 0. The van der Waals surface area contributed by atoms with Gasteiger partial charge < -0.3 is 0 Å². The van der Waals surface area contributed by atoms with Gasteiger partial charge in [0.15, 0.2) is 0 Å². The molecule has 0 N–H and O–H groups in total. The Hall–Kier alpha value is -0.780. The molecular formula is C17H26. The van der Waals surface area contributed by atoms with Crippen molar-refractivity contribution in [2.75, 3.05) is 0 Å². The third kappa shape index (κ3) is 2.41. The van der Waals surface area contributed by atoms with Gasteiger partial charge in [-0.1, -0.05) is 63.4 Å². The Morgan fingerprint density at radius 3 is 2.35 bits per heavy atom. The number of hydrogen-bond donors (Lipinski definition) is 0. The van der Waals surface area contributed by atoms with Crippen LogP contribution < -0.4 is 0 Å². The standard InChI is InChI=1S/C17H26/c1-5-6-11-17(12-16(17)13(2)3)15-9-7-14(4)8-10-15/h7-10,13,16H,5-6,11-12H2,1-4H3. The highest BCUT2D eigenvalue weighted by Gasteiger charge is 2.55. The summed E-state index contributed by atoms with van der Waals surface area (Å²) in [6.07, 6.45) is 5.48. The predicted octanol–water partition coefficient (Wildman–Crippen LogP) is 5.10. The van der Waals surface area contributed by atoms with Crippen molar-refractivity contribution in [1.29, 1.82) is 0 Å². The SMILES string of the molecule is CCCCC1(c2ccc(C)cc2)CC1C(C)C. The van der Waals surface area contributed by atoms with Crippen molar-refractivity contribution in [2.24, 2.45) is 11.8 Å². The van der Waals surface area contributed by atoms with E-state index in [1.807, 2.05) is 0 Å². The summed E-state index contributed by atoms with van der Waals surface area (Å²) in [5.74, 6) is 1.74. The van der Waals surface area contributed by atoms with Crippen LogP contribution in [0.3, 0.4) is 0 Å². The molecule has 0 amide bonds. The summed E-state index contributed by atoms with van der Waals surface area (Å²) in [4.78, 5) is 0. The van der Waals surface area contributed by atoms with Gasteiger partial charge in [0.05, 0.1) is 0 Å². The summed E-state index contributed by atoms with van der Waals surface area (Å²) in [7, 11) is 0. The Balaban J connectivity index is 2.20. The van der Waals surface area contributed by atoms with E-state index < -0.39 is 0 Å². The fraction of sp³-hybridized carbons (Fsp3) is 0.647. The summed E-state index contributed by atoms with van der Waals surface area (Å²) in [6, 6.07) is 9.29. The second kappa shape index (κ2) is 4.84. The first kappa shape index (κ1) is 12.7. The monoisotopic (exact) mass is 230 g/mol. The summed E-state index contributed by atoms with van der Waals surface area (Å²) in [5, 5.41) is 0. The lowest BCUT2D eigenvalue weighted by atomic mass is 9.85. The minimum absolute atomic E-state index is 0.526. The molecule has 0 aliphatic heterocycles. The third-order valence-corrected chi connectivity index (χ3v) is 4.54. The number of unbranched alkanes of at least 4 members (excludes halogenated alkanes) is 1. The van der Waals surface area contributed by atoms with Crippen LogP contribution in [0.4, 0.5) is 0 Å². The second-order valence-corrected chi connectivity index (χ2v) is 6.18. The van der Waals surface area contributed by atoms with E-state index in [9.17, 15) is 0 Å². The third-order valence-electron chi connectivity index (χ3n) is 4.54. The Kier molecular flexibility index (Phi) is 3.61. The number of aryl methyl sites for hydroxylation is 1. The van der Waals surface area contributed by atoms with E-state index >= 15 is 0 Å². The van der Waals surface area contributed by atoms with Crippen LogP contribution in [0, 0.1) is 18.8 Å². The van der Waals surface area contributed by atoms with Gasteiger partial charge in [-0.05, 0) is 42.6 Å². The largest absolute Gasteiger partial charge is 0.0654 e. The van der Waals surface area contributed by atoms with Crippen molar-refractivity contribution in [1.82, 2.24) is 0 Å². The maximum atomic E-state index is 2.38. The lowest BCUT2D eigenvalue weighted by Crippen LogP contribution is -2.13. The molecule has 1 aliphatic carbocycles. The molecule has 1 fully saturated rings. The molecule has 0 radical (unpaired) electrons. The van der Waals surface area contributed by atoms with Crippen molar-refractivity contribution in [3.05, 3.63) is 35.4 Å². The van der Waals surface area contributed by atoms with Gasteiger partial charge in [0.1, 0.15) is 0 Å². The molecular weight excluding hydrogens is 204 g/mol. The maximum absolute atomic E-state index is 2.38. The number of hydrogen-bond acceptors (Lipinski definition) is 0. The van der Waals surface area contributed by atoms with Gasteiger partial charge in [0.2, 0.25) is 0 Å². The number of benzene rings is 1. The molecule has 0 saturated heterocycles. The van der Waals surface area contributed by atoms with Crippen LogP contribution >= 0.6 is 0 Å². The lowest BCUT2D eigenvalue weighted by molar-refractivity contribution is 0.447. The highest BCUT2D eigenvalue weighted by Crippen LogP contribution is 2.60. The molecule has 0 nitrogen and oxygen atoms in total. The molecule has 94 valence electrons. The Morgan fingerprint density at radius 1 is 1.24 bits per heavy atom. The van der Waals surface area contributed by atoms with Gasteiger partial charge in [0.25, 0.3) is 0 Å². The van der Waals surface area contributed by atoms with Gasteiger partial charge in [-0.2, -0.15) is 0 Å². The zero-order valence-corrected chi connectivity index (χ0v) is 11.8. The van der Waals surface area contributed by atoms with Crippen LogP contribution in [-0.2, 0) is 5.41 Å². The van der Waals surface area contributed by atoms with E-state index in [-0.39, 0.29) is 0 Å². The van der Waals surface area contributed by atoms with E-state index in [1.165, 1.54) is 31.2 Å². The van der Waals surface area contributed by atoms with E-state index in [0.29, 0.717) is 5.41 Å². The molecule has 2 rings (SSSR count). The first-order chi connectivity index (χ1) is 8.10. The smallest absolute Gasteiger partial charge is 0.00129 e. The molecule has 0 spiro atoms. The fourth-order valence-corrected chi connectivity index (χ4v) is 3.35. The molecule has 17 heavy (non-hydrogen) atoms. The summed E-state index contributed by atoms with van der Waals surface area (Å²) in [5.41, 5.74) is 3.49. The minimum atomic E-state index is 0.526. The zero-order valence-electron chi connectivity index (χ0n) is 11.8. The van der Waals surface area contributed by atoms with Crippen LogP contribution in [0.5, 0.6) is 0 Å². The molecule has 1 aromatic carbocycles. The molecule has 1 aliphatic rings. The van der Waals surface area contributed by atoms with Gasteiger partial charge in [-0.15, -0.1) is 0 Å². The van der Waals surface area contributed by atoms with Crippen LogP contribution in [0.25, 0.3) is 0 Å². The van der Waals surface area contributed by atoms with Crippen LogP contribution in [-0.4, -0.2) is 0 Å². The Morgan fingerprint density at radius 2 is 1.88 bits per heavy atom. The quantitative estimate of drug-likeness (QED) is 0.660. The van der Waals surface area contributed by atoms with Crippen LogP contribution in [0.15, 0.2) is 24.3 Å². The van der Waals surface area contributed by atoms with Gasteiger partial charge >= 0.3 is 0 Å². The molecule has 0 aromatic heterocycles. The minimum Gasteiger partial charge on any atom is -0.0654 e. The van der Waals surface area contributed by atoms with Crippen molar-refractivity contribution >= 4 is 0 Å². The zero-order chi connectivity index (χ0) is 12.5. The Bertz CT molecular complexity index is 360. The van der Waals surface area contributed by atoms with Crippen LogP contribution in [0.1, 0.15) is 57.6 Å². The molecule has 1 saturated carbocycles. The summed E-state index contributed by atoms with van der Waals surface area (Å²) < 4.78 is 0. The van der Waals surface area contributed by atoms with Crippen molar-refractivity contribution in [3.8, 4) is 0 Å². The van der Waals surface area contributed by atoms with Gasteiger partial charge in [0, 0.05) is 0 Å². The topological polar surface area (TPSA) is 0 Å². The maximum Gasteiger partial charge on any atom is -0.00129 e. The highest BCUT2D eigenvalue weighted by molar-refractivity contribution is 5.35. The second-order valence-electron chi connectivity index (χ2n) is 6.18. The normalized spacial score (nSPS) is 27.5. The molecule has 0 heterocycles. The van der Waals surface area contributed by atoms with E-state index in [1.54, 1.807) is 5.56 Å². The molecule has 0 heteroatoms. The average Bonchev–Trinajstić information content (AvgIpc) is 3.03. The lowest BCUT2D eigenvalue weighted by Gasteiger charge is -2.20. The molecule has 2 unspecified atom stereocenters. The highest BCUT2D eigenvalue weighted by atomic mass is 14.6. The first-order valence-corrected chi connectivity index (χ1v) is 7.17. The van der Waals surface area contributed by atoms with Gasteiger partial charge in [-0.25, -0.2) is 0 Å². The molecule has 2 atom stereocenters. The van der Waals surface area contributed by atoms with Crippen molar-refractivity contribution < 1.29 is 0 Å².